The van der Waals surface area contributed by atoms with Crippen LogP contribution in [-0.4, -0.2) is 41.0 Å². The number of nitrogens with two attached hydrogens (primary N) is 1. The van der Waals surface area contributed by atoms with Crippen LogP contribution in [0.2, 0.25) is 0 Å². The van der Waals surface area contributed by atoms with Crippen molar-refractivity contribution in [1.82, 2.24) is 10.2 Å². The van der Waals surface area contributed by atoms with Gasteiger partial charge in [-0.2, -0.15) is 0 Å². The maximum absolute atomic E-state index is 12.1. The van der Waals surface area contributed by atoms with Crippen molar-refractivity contribution in [2.45, 2.75) is 32.6 Å². The lowest BCUT2D eigenvalue weighted by Crippen LogP contribution is -2.35. The molecular weight excluding hydrogens is 404 g/mol. The van der Waals surface area contributed by atoms with Gasteiger partial charge in [0.2, 0.25) is 0 Å². The summed E-state index contributed by atoms with van der Waals surface area (Å²) in [6, 6.07) is 14.8. The SMILES string of the molecule is CCOC(=O)c1ccc([C@H]2CCCN(c3cc(-c4ccccc4O)nnc3N)C2)c(C)c1. The first-order valence-electron chi connectivity index (χ1n) is 10.9. The fourth-order valence-corrected chi connectivity index (χ4v) is 4.39. The van der Waals surface area contributed by atoms with Gasteiger partial charge in [0.15, 0.2) is 5.82 Å². The number of aryl methyl sites for hydroxylation is 1. The fraction of sp³-hybridized carbons (Fsp3) is 0.320. The molecule has 0 bridgehead atoms. The number of hydrogen-bond acceptors (Lipinski definition) is 7. The number of aromatic nitrogens is 2. The van der Waals surface area contributed by atoms with Crippen LogP contribution in [0.4, 0.5) is 11.5 Å². The van der Waals surface area contributed by atoms with Gasteiger partial charge in [0.25, 0.3) is 0 Å². The Morgan fingerprint density at radius 1 is 1.22 bits per heavy atom. The first kappa shape index (κ1) is 21.6. The Balaban J connectivity index is 1.59. The molecule has 1 fully saturated rings. The molecule has 166 valence electrons. The van der Waals surface area contributed by atoms with Crippen LogP contribution >= 0.6 is 0 Å². The van der Waals surface area contributed by atoms with E-state index in [1.54, 1.807) is 19.1 Å². The average molecular weight is 433 g/mol. The highest BCUT2D eigenvalue weighted by atomic mass is 16.5. The van der Waals surface area contributed by atoms with E-state index < -0.39 is 0 Å². The Morgan fingerprint density at radius 2 is 2.03 bits per heavy atom. The predicted octanol–water partition coefficient (Wildman–Crippen LogP) is 4.30. The Hall–Kier alpha value is -3.61. The third-order valence-electron chi connectivity index (χ3n) is 5.96. The minimum absolute atomic E-state index is 0.159. The number of phenolic OH excluding ortho intramolecular Hbond substituents is 1. The Morgan fingerprint density at radius 3 is 2.78 bits per heavy atom. The zero-order valence-electron chi connectivity index (χ0n) is 18.4. The molecule has 3 N–H and O–H groups in total. The van der Waals surface area contributed by atoms with Gasteiger partial charge in [-0.05, 0) is 68.1 Å². The lowest BCUT2D eigenvalue weighted by molar-refractivity contribution is 0.0526. The zero-order valence-corrected chi connectivity index (χ0v) is 18.4. The summed E-state index contributed by atoms with van der Waals surface area (Å²) in [6.07, 6.45) is 2.07. The molecule has 1 aromatic heterocycles. The number of ether oxygens (including phenoxy) is 1. The Kier molecular flexibility index (Phi) is 6.25. The molecule has 0 saturated carbocycles. The number of phenols is 1. The number of esters is 1. The highest BCUT2D eigenvalue weighted by Crippen LogP contribution is 2.36. The molecule has 0 radical (unpaired) electrons. The van der Waals surface area contributed by atoms with E-state index in [0.29, 0.717) is 35.2 Å². The number of carbonyl (C=O) groups is 1. The van der Waals surface area contributed by atoms with Crippen molar-refractivity contribution in [3.63, 3.8) is 0 Å². The van der Waals surface area contributed by atoms with E-state index in [1.165, 1.54) is 5.56 Å². The fourth-order valence-electron chi connectivity index (χ4n) is 4.39. The van der Waals surface area contributed by atoms with E-state index in [2.05, 4.69) is 15.1 Å². The normalized spacial score (nSPS) is 16.1. The number of aromatic hydroxyl groups is 1. The molecule has 1 aliphatic rings. The van der Waals surface area contributed by atoms with E-state index in [4.69, 9.17) is 10.5 Å². The summed E-state index contributed by atoms with van der Waals surface area (Å²) >= 11 is 0. The van der Waals surface area contributed by atoms with Crippen LogP contribution in [-0.2, 0) is 4.74 Å². The molecule has 32 heavy (non-hydrogen) atoms. The van der Waals surface area contributed by atoms with Crippen molar-refractivity contribution in [1.29, 1.82) is 0 Å². The Labute approximate surface area is 187 Å². The monoisotopic (exact) mass is 432 g/mol. The topological polar surface area (TPSA) is 102 Å². The number of carbonyl (C=O) groups excluding carboxylic acids is 1. The van der Waals surface area contributed by atoms with Crippen molar-refractivity contribution in [3.8, 4) is 17.0 Å². The summed E-state index contributed by atoms with van der Waals surface area (Å²) in [7, 11) is 0. The van der Waals surface area contributed by atoms with Gasteiger partial charge in [-0.1, -0.05) is 18.2 Å². The summed E-state index contributed by atoms with van der Waals surface area (Å²) in [4.78, 5) is 14.3. The number of benzene rings is 2. The minimum atomic E-state index is -0.292. The van der Waals surface area contributed by atoms with Gasteiger partial charge in [0.1, 0.15) is 5.75 Å². The van der Waals surface area contributed by atoms with Gasteiger partial charge in [-0.3, -0.25) is 0 Å². The lowest BCUT2D eigenvalue weighted by Gasteiger charge is -2.35. The van der Waals surface area contributed by atoms with E-state index >= 15 is 0 Å². The van der Waals surface area contributed by atoms with Crippen LogP contribution in [0, 0.1) is 6.92 Å². The molecule has 0 unspecified atom stereocenters. The third kappa shape index (κ3) is 4.37. The number of piperidine rings is 1. The van der Waals surface area contributed by atoms with Crippen molar-refractivity contribution in [2.75, 3.05) is 30.3 Å². The quantitative estimate of drug-likeness (QED) is 0.580. The van der Waals surface area contributed by atoms with Crippen LogP contribution < -0.4 is 10.6 Å². The zero-order chi connectivity index (χ0) is 22.7. The first-order valence-corrected chi connectivity index (χ1v) is 10.9. The second kappa shape index (κ2) is 9.26. The van der Waals surface area contributed by atoms with Gasteiger partial charge in [0, 0.05) is 24.6 Å². The van der Waals surface area contributed by atoms with Crippen LogP contribution in [0.5, 0.6) is 5.75 Å². The van der Waals surface area contributed by atoms with Gasteiger partial charge in [-0.25, -0.2) is 4.79 Å². The standard InChI is InChI=1S/C25H28N4O3/c1-3-32-25(31)17-10-11-19(16(2)13-17)18-7-6-12-29(15-18)22-14-21(27-28-24(22)26)20-8-4-5-9-23(20)30/h4-5,8-11,13-14,18,30H,3,6-7,12,15H2,1-2H3,(H2,26,28)/t18-/m0/s1. The van der Waals surface area contributed by atoms with Gasteiger partial charge < -0.3 is 20.5 Å². The molecule has 0 aliphatic carbocycles. The molecule has 0 spiro atoms. The molecule has 1 atom stereocenters. The van der Waals surface area contributed by atoms with Gasteiger partial charge >= 0.3 is 5.97 Å². The van der Waals surface area contributed by atoms with E-state index in [9.17, 15) is 9.90 Å². The van der Waals surface area contributed by atoms with Crippen LogP contribution in [0.25, 0.3) is 11.3 Å². The van der Waals surface area contributed by atoms with Crippen molar-refractivity contribution in [2.24, 2.45) is 0 Å². The second-order valence-electron chi connectivity index (χ2n) is 8.09. The lowest BCUT2D eigenvalue weighted by atomic mass is 9.87. The minimum Gasteiger partial charge on any atom is -0.507 e. The molecule has 7 heteroatoms. The van der Waals surface area contributed by atoms with E-state index in [0.717, 1.165) is 37.2 Å². The molecule has 4 rings (SSSR count). The number of rotatable bonds is 5. The largest absolute Gasteiger partial charge is 0.507 e. The molecule has 2 heterocycles. The number of para-hydroxylation sites is 1. The molecule has 2 aromatic carbocycles. The van der Waals surface area contributed by atoms with Crippen LogP contribution in [0.15, 0.2) is 48.5 Å². The molecular formula is C25H28N4O3. The number of nitrogens with zero attached hydrogens (tertiary/aromatic N) is 3. The van der Waals surface area contributed by atoms with Crippen LogP contribution in [0.3, 0.4) is 0 Å². The second-order valence-corrected chi connectivity index (χ2v) is 8.09. The number of anilines is 2. The number of nitrogen functional groups attached to an aromatic ring is 1. The third-order valence-corrected chi connectivity index (χ3v) is 5.96. The summed E-state index contributed by atoms with van der Waals surface area (Å²) in [5, 5.41) is 18.6. The van der Waals surface area contributed by atoms with Crippen molar-refractivity contribution >= 4 is 17.5 Å². The molecule has 3 aromatic rings. The molecule has 1 aliphatic heterocycles. The average Bonchev–Trinajstić information content (AvgIpc) is 2.80. The molecule has 1 saturated heterocycles. The van der Waals surface area contributed by atoms with Gasteiger partial charge in [0.05, 0.1) is 23.6 Å². The summed E-state index contributed by atoms with van der Waals surface area (Å²) in [5.41, 5.74) is 11.1. The highest BCUT2D eigenvalue weighted by Gasteiger charge is 2.25. The van der Waals surface area contributed by atoms with Crippen molar-refractivity contribution in [3.05, 3.63) is 65.2 Å². The maximum atomic E-state index is 12.1. The van der Waals surface area contributed by atoms with E-state index in [-0.39, 0.29) is 11.7 Å². The van der Waals surface area contributed by atoms with Gasteiger partial charge in [-0.15, -0.1) is 10.2 Å². The first-order chi connectivity index (χ1) is 15.5. The molecule has 7 nitrogen and oxygen atoms in total. The summed E-state index contributed by atoms with van der Waals surface area (Å²) in [5.74, 6) is 0.548. The van der Waals surface area contributed by atoms with Crippen molar-refractivity contribution < 1.29 is 14.6 Å². The van der Waals surface area contributed by atoms with Crippen LogP contribution in [0.1, 0.15) is 47.2 Å². The number of hydrogen-bond donors (Lipinski definition) is 2. The summed E-state index contributed by atoms with van der Waals surface area (Å²) < 4.78 is 5.12. The predicted molar refractivity (Wildman–Crippen MR) is 125 cm³/mol. The summed E-state index contributed by atoms with van der Waals surface area (Å²) in [6.45, 7) is 5.86. The van der Waals surface area contributed by atoms with E-state index in [1.807, 2.05) is 43.3 Å². The smallest absolute Gasteiger partial charge is 0.338 e. The highest BCUT2D eigenvalue weighted by molar-refractivity contribution is 5.89. The Bertz CT molecular complexity index is 1130. The maximum Gasteiger partial charge on any atom is 0.338 e. The molecule has 0 amide bonds.